The number of rotatable bonds is 4. The molecule has 0 aliphatic heterocycles. The Kier molecular flexibility index (Phi) is 5.36. The van der Waals surface area contributed by atoms with E-state index in [1.165, 1.54) is 6.42 Å². The molecule has 0 amide bonds. The van der Waals surface area contributed by atoms with Crippen LogP contribution >= 0.6 is 15.9 Å². The minimum Gasteiger partial charge on any atom is -0.385 e. The summed E-state index contributed by atoms with van der Waals surface area (Å²) in [5.74, 6) is 0. The van der Waals surface area contributed by atoms with Crippen LogP contribution in [0.5, 0.6) is 0 Å². The SMILES string of the molecule is COCCCC(Br)C(C)(C)C. The standard InChI is InChI=1S/C9H19BrO/c1-9(2,3)8(10)6-5-7-11-4/h8H,5-7H2,1-4H3. The molecule has 0 heterocycles. The molecule has 0 N–H and O–H groups in total. The number of hydrogen-bond donors (Lipinski definition) is 0. The Morgan fingerprint density at radius 2 is 1.91 bits per heavy atom. The van der Waals surface area contributed by atoms with Crippen molar-refractivity contribution in [3.8, 4) is 0 Å². The van der Waals surface area contributed by atoms with Crippen LogP contribution in [0.25, 0.3) is 0 Å². The van der Waals surface area contributed by atoms with Crippen molar-refractivity contribution in [2.45, 2.75) is 38.4 Å². The molecule has 0 aromatic rings. The Morgan fingerprint density at radius 3 is 2.27 bits per heavy atom. The van der Waals surface area contributed by atoms with Crippen LogP contribution < -0.4 is 0 Å². The van der Waals surface area contributed by atoms with Crippen molar-refractivity contribution < 1.29 is 4.74 Å². The topological polar surface area (TPSA) is 9.23 Å². The maximum Gasteiger partial charge on any atom is 0.0462 e. The second-order valence-electron chi connectivity index (χ2n) is 3.97. The molecule has 0 aromatic carbocycles. The highest BCUT2D eigenvalue weighted by Crippen LogP contribution is 2.29. The quantitative estimate of drug-likeness (QED) is 0.525. The Hall–Kier alpha value is 0.440. The summed E-state index contributed by atoms with van der Waals surface area (Å²) in [5.41, 5.74) is 0.369. The van der Waals surface area contributed by atoms with E-state index < -0.39 is 0 Å². The maximum atomic E-state index is 4.98. The van der Waals surface area contributed by atoms with Gasteiger partial charge in [-0.15, -0.1) is 0 Å². The molecule has 0 saturated heterocycles. The van der Waals surface area contributed by atoms with E-state index in [9.17, 15) is 0 Å². The predicted molar refractivity (Wildman–Crippen MR) is 53.3 cm³/mol. The average molecular weight is 223 g/mol. The molecule has 1 nitrogen and oxygen atoms in total. The van der Waals surface area contributed by atoms with Crippen molar-refractivity contribution in [3.05, 3.63) is 0 Å². The van der Waals surface area contributed by atoms with Gasteiger partial charge in [-0.25, -0.2) is 0 Å². The molecule has 1 atom stereocenters. The van der Waals surface area contributed by atoms with Crippen molar-refractivity contribution in [2.75, 3.05) is 13.7 Å². The molecule has 0 saturated carbocycles. The first kappa shape index (κ1) is 11.4. The molecule has 2 heteroatoms. The zero-order valence-electron chi connectivity index (χ0n) is 7.98. The van der Waals surface area contributed by atoms with Gasteiger partial charge in [0, 0.05) is 18.5 Å². The summed E-state index contributed by atoms with van der Waals surface area (Å²) in [6.45, 7) is 7.62. The molecule has 0 spiro atoms. The first-order valence-corrected chi connectivity index (χ1v) is 5.03. The van der Waals surface area contributed by atoms with Gasteiger partial charge < -0.3 is 4.74 Å². The van der Waals surface area contributed by atoms with E-state index in [4.69, 9.17) is 4.74 Å². The molecule has 1 unspecified atom stereocenters. The van der Waals surface area contributed by atoms with Crippen LogP contribution in [0.1, 0.15) is 33.6 Å². The normalized spacial score (nSPS) is 15.0. The third-order valence-electron chi connectivity index (χ3n) is 1.75. The summed E-state index contributed by atoms with van der Waals surface area (Å²) < 4.78 is 4.98. The lowest BCUT2D eigenvalue weighted by molar-refractivity contribution is 0.189. The van der Waals surface area contributed by atoms with Crippen LogP contribution in [0.2, 0.25) is 0 Å². The van der Waals surface area contributed by atoms with Crippen molar-refractivity contribution in [2.24, 2.45) is 5.41 Å². The minimum absolute atomic E-state index is 0.369. The van der Waals surface area contributed by atoms with Crippen molar-refractivity contribution >= 4 is 15.9 Å². The molecule has 0 aliphatic rings. The van der Waals surface area contributed by atoms with Crippen LogP contribution in [0.4, 0.5) is 0 Å². The Labute approximate surface area is 78.6 Å². The molecule has 0 bridgehead atoms. The number of halogens is 1. The molecule has 0 aliphatic carbocycles. The van der Waals surface area contributed by atoms with Crippen LogP contribution in [0, 0.1) is 5.41 Å². The summed E-state index contributed by atoms with van der Waals surface area (Å²) in [6.07, 6.45) is 2.33. The van der Waals surface area contributed by atoms with Gasteiger partial charge in [0.1, 0.15) is 0 Å². The lowest BCUT2D eigenvalue weighted by Crippen LogP contribution is -2.20. The fourth-order valence-electron chi connectivity index (χ4n) is 0.840. The van der Waals surface area contributed by atoms with Gasteiger partial charge in [-0.3, -0.25) is 0 Å². The summed E-state index contributed by atoms with van der Waals surface area (Å²) in [4.78, 5) is 0.602. The van der Waals surface area contributed by atoms with Gasteiger partial charge in [-0.05, 0) is 18.3 Å². The first-order chi connectivity index (χ1) is 4.98. The molecule has 0 fully saturated rings. The summed E-state index contributed by atoms with van der Waals surface area (Å²) in [6, 6.07) is 0. The molecule has 0 rings (SSSR count). The van der Waals surface area contributed by atoms with Gasteiger partial charge in [0.05, 0.1) is 0 Å². The van der Waals surface area contributed by atoms with Crippen LogP contribution in [-0.2, 0) is 4.74 Å². The highest BCUT2D eigenvalue weighted by Gasteiger charge is 2.20. The van der Waals surface area contributed by atoms with E-state index in [1.807, 2.05) is 0 Å². The van der Waals surface area contributed by atoms with Gasteiger partial charge in [-0.2, -0.15) is 0 Å². The molecular formula is C9H19BrO. The number of methoxy groups -OCH3 is 1. The van der Waals surface area contributed by atoms with Crippen LogP contribution in [0.15, 0.2) is 0 Å². The second-order valence-corrected chi connectivity index (χ2v) is 5.07. The molecule has 68 valence electrons. The van der Waals surface area contributed by atoms with E-state index >= 15 is 0 Å². The minimum atomic E-state index is 0.369. The number of hydrogen-bond acceptors (Lipinski definition) is 1. The van der Waals surface area contributed by atoms with E-state index in [0.29, 0.717) is 10.2 Å². The fraction of sp³-hybridized carbons (Fsp3) is 1.00. The highest BCUT2D eigenvalue weighted by molar-refractivity contribution is 9.09. The van der Waals surface area contributed by atoms with Crippen molar-refractivity contribution in [3.63, 3.8) is 0 Å². The summed E-state index contributed by atoms with van der Waals surface area (Å²) >= 11 is 3.67. The van der Waals surface area contributed by atoms with Gasteiger partial charge in [0.25, 0.3) is 0 Å². The fourth-order valence-corrected chi connectivity index (χ4v) is 1.16. The Morgan fingerprint density at radius 1 is 1.36 bits per heavy atom. The highest BCUT2D eigenvalue weighted by atomic mass is 79.9. The van der Waals surface area contributed by atoms with Gasteiger partial charge in [0.15, 0.2) is 0 Å². The van der Waals surface area contributed by atoms with Crippen LogP contribution in [-0.4, -0.2) is 18.5 Å². The Bertz CT molecular complexity index is 96.2. The van der Waals surface area contributed by atoms with Gasteiger partial charge >= 0.3 is 0 Å². The molecule has 0 radical (unpaired) electrons. The molecule has 11 heavy (non-hydrogen) atoms. The average Bonchev–Trinajstić information content (AvgIpc) is 1.86. The summed E-state index contributed by atoms with van der Waals surface area (Å²) in [7, 11) is 1.75. The lowest BCUT2D eigenvalue weighted by atomic mass is 9.90. The van der Waals surface area contributed by atoms with Crippen LogP contribution in [0.3, 0.4) is 0 Å². The molecule has 0 aromatic heterocycles. The first-order valence-electron chi connectivity index (χ1n) is 4.11. The van der Waals surface area contributed by atoms with E-state index in [-0.39, 0.29) is 0 Å². The van der Waals surface area contributed by atoms with Crippen molar-refractivity contribution in [1.29, 1.82) is 0 Å². The summed E-state index contributed by atoms with van der Waals surface area (Å²) in [5, 5.41) is 0. The smallest absolute Gasteiger partial charge is 0.0462 e. The Balaban J connectivity index is 3.44. The van der Waals surface area contributed by atoms with Crippen molar-refractivity contribution in [1.82, 2.24) is 0 Å². The third kappa shape index (κ3) is 5.68. The van der Waals surface area contributed by atoms with E-state index in [2.05, 4.69) is 36.7 Å². The van der Waals surface area contributed by atoms with E-state index in [0.717, 1.165) is 13.0 Å². The third-order valence-corrected chi connectivity index (χ3v) is 3.58. The zero-order valence-corrected chi connectivity index (χ0v) is 9.57. The number of ether oxygens (including phenoxy) is 1. The predicted octanol–water partition coefficient (Wildman–Crippen LogP) is 3.22. The largest absolute Gasteiger partial charge is 0.385 e. The zero-order chi connectivity index (χ0) is 8.91. The lowest BCUT2D eigenvalue weighted by Gasteiger charge is -2.25. The molecular weight excluding hydrogens is 204 g/mol. The monoisotopic (exact) mass is 222 g/mol. The number of alkyl halides is 1. The van der Waals surface area contributed by atoms with Gasteiger partial charge in [0.2, 0.25) is 0 Å². The second kappa shape index (κ2) is 5.15. The maximum absolute atomic E-state index is 4.98. The van der Waals surface area contributed by atoms with Gasteiger partial charge in [-0.1, -0.05) is 36.7 Å². The van der Waals surface area contributed by atoms with E-state index in [1.54, 1.807) is 7.11 Å².